The van der Waals surface area contributed by atoms with Gasteiger partial charge >= 0.3 is 0 Å². The van der Waals surface area contributed by atoms with E-state index in [1.54, 1.807) is 17.6 Å². The predicted octanol–water partition coefficient (Wildman–Crippen LogP) is 3.94. The van der Waals surface area contributed by atoms with Gasteiger partial charge in [0.25, 0.3) is 0 Å². The zero-order valence-corrected chi connectivity index (χ0v) is 12.9. The summed E-state index contributed by atoms with van der Waals surface area (Å²) in [6.07, 6.45) is 1.75. The Kier molecular flexibility index (Phi) is 3.66. The summed E-state index contributed by atoms with van der Waals surface area (Å²) in [4.78, 5) is 7.98. The van der Waals surface area contributed by atoms with Gasteiger partial charge in [0.05, 0.1) is 30.3 Å². The predicted molar refractivity (Wildman–Crippen MR) is 87.0 cm³/mol. The molecule has 0 aliphatic carbocycles. The van der Waals surface area contributed by atoms with Crippen LogP contribution in [-0.2, 0) is 17.9 Å². The summed E-state index contributed by atoms with van der Waals surface area (Å²) in [5, 5.41) is 2.03. The third-order valence-electron chi connectivity index (χ3n) is 3.73. The Morgan fingerprint density at radius 1 is 1.18 bits per heavy atom. The van der Waals surface area contributed by atoms with E-state index in [1.165, 1.54) is 11.3 Å². The van der Waals surface area contributed by atoms with Crippen molar-refractivity contribution in [2.75, 3.05) is 18.1 Å². The fourth-order valence-electron chi connectivity index (χ4n) is 2.67. The van der Waals surface area contributed by atoms with Gasteiger partial charge in [-0.1, -0.05) is 24.3 Å². The maximum atomic E-state index is 5.67. The largest absolute Gasteiger partial charge is 0.443 e. The highest BCUT2D eigenvalue weighted by Crippen LogP contribution is 2.27. The third-order valence-corrected chi connectivity index (χ3v) is 4.59. The maximum Gasteiger partial charge on any atom is 0.236 e. The Hall–Kier alpha value is -2.11. The van der Waals surface area contributed by atoms with E-state index in [9.17, 15) is 0 Å². The number of oxazole rings is 1. The Morgan fingerprint density at radius 3 is 3.05 bits per heavy atom. The van der Waals surface area contributed by atoms with Crippen LogP contribution in [0.3, 0.4) is 0 Å². The first-order valence-electron chi connectivity index (χ1n) is 7.29. The number of ether oxygens (including phenoxy) is 1. The molecule has 112 valence electrons. The van der Waals surface area contributed by atoms with Gasteiger partial charge in [-0.2, -0.15) is 0 Å². The van der Waals surface area contributed by atoms with E-state index in [4.69, 9.17) is 9.15 Å². The molecule has 0 saturated heterocycles. The number of benzene rings is 1. The van der Waals surface area contributed by atoms with Gasteiger partial charge in [0, 0.05) is 17.8 Å². The summed E-state index contributed by atoms with van der Waals surface area (Å²) in [6.45, 7) is 2.99. The highest BCUT2D eigenvalue weighted by Gasteiger charge is 2.17. The fourth-order valence-corrected chi connectivity index (χ4v) is 3.33. The van der Waals surface area contributed by atoms with E-state index >= 15 is 0 Å². The van der Waals surface area contributed by atoms with Crippen molar-refractivity contribution in [3.05, 3.63) is 59.3 Å². The Morgan fingerprint density at radius 2 is 2.14 bits per heavy atom. The van der Waals surface area contributed by atoms with Crippen molar-refractivity contribution >= 4 is 17.0 Å². The van der Waals surface area contributed by atoms with Crippen LogP contribution in [0.2, 0.25) is 0 Å². The average Bonchev–Trinajstić information content (AvgIpc) is 3.18. The lowest BCUT2D eigenvalue weighted by molar-refractivity contribution is 0.132. The Balaban J connectivity index is 1.58. The molecule has 0 saturated carbocycles. The molecule has 0 bridgehead atoms. The molecule has 0 fully saturated rings. The van der Waals surface area contributed by atoms with Crippen LogP contribution < -0.4 is 4.90 Å². The summed E-state index contributed by atoms with van der Waals surface area (Å²) in [5.74, 6) is 0.698. The molecule has 1 aliphatic heterocycles. The van der Waals surface area contributed by atoms with Crippen LogP contribution in [0.15, 0.2) is 52.5 Å². The first kappa shape index (κ1) is 13.5. The second kappa shape index (κ2) is 5.94. The van der Waals surface area contributed by atoms with Crippen molar-refractivity contribution in [1.82, 2.24) is 4.98 Å². The van der Waals surface area contributed by atoms with E-state index in [0.717, 1.165) is 30.3 Å². The Bertz CT molecular complexity index is 752. The number of hydrogen-bond donors (Lipinski definition) is 0. The van der Waals surface area contributed by atoms with Crippen LogP contribution in [0.25, 0.3) is 10.8 Å². The molecule has 22 heavy (non-hydrogen) atoms. The molecule has 0 unspecified atom stereocenters. The number of hydrogen-bond acceptors (Lipinski definition) is 5. The molecule has 5 heteroatoms. The lowest BCUT2D eigenvalue weighted by atomic mass is 10.1. The summed E-state index contributed by atoms with van der Waals surface area (Å²) < 4.78 is 11.3. The van der Waals surface area contributed by atoms with Crippen LogP contribution in [0.1, 0.15) is 11.3 Å². The molecule has 0 atom stereocenters. The smallest absolute Gasteiger partial charge is 0.236 e. The van der Waals surface area contributed by atoms with Gasteiger partial charge in [-0.15, -0.1) is 11.3 Å². The zero-order valence-electron chi connectivity index (χ0n) is 12.1. The molecule has 1 aromatic carbocycles. The van der Waals surface area contributed by atoms with Crippen molar-refractivity contribution in [1.29, 1.82) is 0 Å². The van der Waals surface area contributed by atoms with Crippen LogP contribution in [-0.4, -0.2) is 18.1 Å². The van der Waals surface area contributed by atoms with E-state index in [0.29, 0.717) is 12.5 Å². The third kappa shape index (κ3) is 2.65. The molecule has 3 heterocycles. The minimum Gasteiger partial charge on any atom is -0.443 e. The number of nitrogens with zero attached hydrogens (tertiary/aromatic N) is 2. The maximum absolute atomic E-state index is 5.67. The van der Waals surface area contributed by atoms with Crippen molar-refractivity contribution in [3.8, 4) is 10.8 Å². The average molecular weight is 312 g/mol. The van der Waals surface area contributed by atoms with Gasteiger partial charge in [0.15, 0.2) is 0 Å². The lowest BCUT2D eigenvalue weighted by Crippen LogP contribution is -2.25. The monoisotopic (exact) mass is 312 g/mol. The number of para-hydroxylation sites is 1. The van der Waals surface area contributed by atoms with Gasteiger partial charge in [0.1, 0.15) is 6.26 Å². The standard InChI is InChI=1S/C17H16N2O2S/c1-2-5-15-13(4-1)11-20-8-7-19(15)10-14-12-21-17(18-14)16-6-3-9-22-16/h1-6,9,12H,7-8,10-11H2. The Labute approximate surface area is 133 Å². The summed E-state index contributed by atoms with van der Waals surface area (Å²) in [7, 11) is 0. The zero-order chi connectivity index (χ0) is 14.8. The van der Waals surface area contributed by atoms with Crippen LogP contribution in [0.4, 0.5) is 5.69 Å². The molecule has 0 N–H and O–H groups in total. The molecule has 0 radical (unpaired) electrons. The van der Waals surface area contributed by atoms with Crippen molar-refractivity contribution in [3.63, 3.8) is 0 Å². The minimum atomic E-state index is 0.673. The summed E-state index contributed by atoms with van der Waals surface area (Å²) in [5.41, 5.74) is 3.39. The summed E-state index contributed by atoms with van der Waals surface area (Å²) >= 11 is 1.64. The normalized spacial score (nSPS) is 14.6. The van der Waals surface area contributed by atoms with Gasteiger partial charge in [-0.3, -0.25) is 0 Å². The number of fused-ring (bicyclic) bond motifs is 1. The highest BCUT2D eigenvalue weighted by atomic mass is 32.1. The van der Waals surface area contributed by atoms with Crippen molar-refractivity contribution in [2.45, 2.75) is 13.2 Å². The van der Waals surface area contributed by atoms with E-state index < -0.39 is 0 Å². The molecule has 1 aliphatic rings. The fraction of sp³-hybridized carbons (Fsp3) is 0.235. The van der Waals surface area contributed by atoms with Crippen molar-refractivity contribution in [2.24, 2.45) is 0 Å². The molecule has 2 aromatic heterocycles. The first-order valence-corrected chi connectivity index (χ1v) is 8.17. The van der Waals surface area contributed by atoms with Gasteiger partial charge < -0.3 is 14.1 Å². The van der Waals surface area contributed by atoms with E-state index in [2.05, 4.69) is 34.1 Å². The van der Waals surface area contributed by atoms with Gasteiger partial charge in [-0.05, 0) is 17.5 Å². The van der Waals surface area contributed by atoms with Crippen LogP contribution in [0.5, 0.6) is 0 Å². The molecule has 4 nitrogen and oxygen atoms in total. The van der Waals surface area contributed by atoms with Crippen LogP contribution >= 0.6 is 11.3 Å². The highest BCUT2D eigenvalue weighted by molar-refractivity contribution is 7.13. The second-order valence-electron chi connectivity index (χ2n) is 5.22. The van der Waals surface area contributed by atoms with Gasteiger partial charge in [-0.25, -0.2) is 4.98 Å². The topological polar surface area (TPSA) is 38.5 Å². The SMILES string of the molecule is c1csc(-c2nc(CN3CCOCc4ccccc43)co2)c1. The minimum absolute atomic E-state index is 0.673. The quantitative estimate of drug-likeness (QED) is 0.734. The van der Waals surface area contributed by atoms with E-state index in [1.807, 2.05) is 17.5 Å². The number of rotatable bonds is 3. The van der Waals surface area contributed by atoms with Gasteiger partial charge in [0.2, 0.25) is 5.89 Å². The molecular weight excluding hydrogens is 296 g/mol. The number of anilines is 1. The molecule has 0 spiro atoms. The molecule has 3 aromatic rings. The molecule has 0 amide bonds. The molecule has 4 rings (SSSR count). The summed E-state index contributed by atoms with van der Waals surface area (Å²) in [6, 6.07) is 12.4. The first-order chi connectivity index (χ1) is 10.9. The number of thiophene rings is 1. The molecular formula is C17H16N2O2S. The van der Waals surface area contributed by atoms with Crippen LogP contribution in [0, 0.1) is 0 Å². The van der Waals surface area contributed by atoms with E-state index in [-0.39, 0.29) is 0 Å². The second-order valence-corrected chi connectivity index (χ2v) is 6.17. The van der Waals surface area contributed by atoms with Crippen molar-refractivity contribution < 1.29 is 9.15 Å². The number of aromatic nitrogens is 1. The lowest BCUT2D eigenvalue weighted by Gasteiger charge is -2.22.